The first-order valence-electron chi connectivity index (χ1n) is 9.06. The second-order valence-corrected chi connectivity index (χ2v) is 6.16. The molecule has 0 amide bonds. The van der Waals surface area contributed by atoms with Crippen LogP contribution in [0.1, 0.15) is 22.3 Å². The van der Waals surface area contributed by atoms with Crippen molar-refractivity contribution in [1.29, 1.82) is 0 Å². The van der Waals surface area contributed by atoms with Crippen molar-refractivity contribution in [2.75, 3.05) is 7.11 Å². The molecule has 0 aliphatic carbocycles. The van der Waals surface area contributed by atoms with Gasteiger partial charge in [0.25, 0.3) is 0 Å². The van der Waals surface area contributed by atoms with Crippen molar-refractivity contribution in [2.45, 2.75) is 6.42 Å². The molecule has 7 nitrogen and oxygen atoms in total. The van der Waals surface area contributed by atoms with Gasteiger partial charge in [0.05, 0.1) is 13.5 Å². The fraction of sp³-hybridized carbons (Fsp3) is 0.0833. The fourth-order valence-corrected chi connectivity index (χ4v) is 2.26. The van der Waals surface area contributed by atoms with Crippen LogP contribution >= 0.6 is 0 Å². The molecule has 0 atom stereocenters. The lowest BCUT2D eigenvalue weighted by atomic mass is 10.1. The standard InChI is InChI=1S/C24H20O7/c1-4-22(26)30-19-12-8-18(9-13-19)21(25)14-7-17-5-10-20(11-6-17)31-24(28)16(2)15-23(27)29-3/h4-14H,1-2,15H2,3H3/b14-7+. The summed E-state index contributed by atoms with van der Waals surface area (Å²) in [5, 5.41) is 0. The Morgan fingerprint density at radius 1 is 0.903 bits per heavy atom. The summed E-state index contributed by atoms with van der Waals surface area (Å²) in [5.74, 6) is -1.56. The summed E-state index contributed by atoms with van der Waals surface area (Å²) in [6, 6.07) is 12.5. The molecule has 0 aromatic heterocycles. The quantitative estimate of drug-likeness (QED) is 0.264. The van der Waals surface area contributed by atoms with E-state index < -0.39 is 17.9 Å². The minimum atomic E-state index is -0.730. The lowest BCUT2D eigenvalue weighted by Crippen LogP contribution is -2.14. The van der Waals surface area contributed by atoms with Crippen molar-refractivity contribution in [3.05, 3.63) is 90.5 Å². The van der Waals surface area contributed by atoms with Gasteiger partial charge in [-0.1, -0.05) is 31.4 Å². The van der Waals surface area contributed by atoms with Crippen LogP contribution in [0.15, 0.2) is 79.4 Å². The largest absolute Gasteiger partial charge is 0.469 e. The number of esters is 3. The van der Waals surface area contributed by atoms with Gasteiger partial charge >= 0.3 is 17.9 Å². The highest BCUT2D eigenvalue weighted by molar-refractivity contribution is 6.06. The summed E-state index contributed by atoms with van der Waals surface area (Å²) in [6.45, 7) is 6.82. The van der Waals surface area contributed by atoms with Crippen molar-refractivity contribution in [2.24, 2.45) is 0 Å². The molecule has 0 fully saturated rings. The first-order valence-corrected chi connectivity index (χ1v) is 9.06. The first kappa shape index (κ1) is 23.0. The van der Waals surface area contributed by atoms with Crippen LogP contribution < -0.4 is 9.47 Å². The number of carbonyl (C=O) groups excluding carboxylic acids is 4. The molecule has 0 aliphatic heterocycles. The van der Waals surface area contributed by atoms with Crippen molar-refractivity contribution in [3.8, 4) is 11.5 Å². The minimum Gasteiger partial charge on any atom is -0.469 e. The predicted molar refractivity (Wildman–Crippen MR) is 113 cm³/mol. The molecule has 0 bridgehead atoms. The van der Waals surface area contributed by atoms with Crippen LogP contribution in [-0.2, 0) is 19.1 Å². The Bertz CT molecular complexity index is 1030. The Morgan fingerprint density at radius 3 is 2.06 bits per heavy atom. The third-order valence-corrected chi connectivity index (χ3v) is 3.92. The number of hydrogen-bond acceptors (Lipinski definition) is 7. The SMILES string of the molecule is C=CC(=O)Oc1ccc(C(=O)/C=C/c2ccc(OC(=O)C(=C)CC(=O)OC)cc2)cc1. The lowest BCUT2D eigenvalue weighted by Gasteiger charge is -2.06. The van der Waals surface area contributed by atoms with Crippen molar-refractivity contribution >= 4 is 29.8 Å². The molecular formula is C24H20O7. The normalized spacial score (nSPS) is 10.2. The minimum absolute atomic E-state index is 0.0216. The van der Waals surface area contributed by atoms with Crippen LogP contribution in [-0.4, -0.2) is 30.8 Å². The van der Waals surface area contributed by atoms with Crippen LogP contribution in [0.3, 0.4) is 0 Å². The Balaban J connectivity index is 1.94. The predicted octanol–water partition coefficient (Wildman–Crippen LogP) is 3.70. The first-order chi connectivity index (χ1) is 14.8. The molecule has 7 heteroatoms. The van der Waals surface area contributed by atoms with Gasteiger partial charge in [-0.15, -0.1) is 0 Å². The number of ether oxygens (including phenoxy) is 3. The summed E-state index contributed by atoms with van der Waals surface area (Å²) >= 11 is 0. The van der Waals surface area contributed by atoms with Gasteiger partial charge in [0.1, 0.15) is 11.5 Å². The molecule has 0 radical (unpaired) electrons. The summed E-state index contributed by atoms with van der Waals surface area (Å²) in [6.07, 6.45) is 3.79. The van der Waals surface area contributed by atoms with Crippen molar-refractivity contribution < 1.29 is 33.4 Å². The third-order valence-electron chi connectivity index (χ3n) is 3.92. The Hall–Kier alpha value is -4.26. The molecule has 31 heavy (non-hydrogen) atoms. The van der Waals surface area contributed by atoms with Crippen LogP contribution in [0, 0.1) is 0 Å². The Kier molecular flexibility index (Phi) is 8.22. The average molecular weight is 420 g/mol. The number of hydrogen-bond donors (Lipinski definition) is 0. The molecule has 0 aliphatic rings. The zero-order valence-electron chi connectivity index (χ0n) is 16.8. The summed E-state index contributed by atoms with van der Waals surface area (Å²) in [5.41, 5.74) is 1.11. The molecule has 0 unspecified atom stereocenters. The topological polar surface area (TPSA) is 96.0 Å². The molecule has 2 rings (SSSR count). The van der Waals surface area contributed by atoms with Crippen LogP contribution in [0.5, 0.6) is 11.5 Å². The van der Waals surface area contributed by atoms with E-state index in [9.17, 15) is 19.2 Å². The van der Waals surface area contributed by atoms with E-state index in [1.807, 2.05) is 0 Å². The van der Waals surface area contributed by atoms with E-state index in [1.54, 1.807) is 42.5 Å². The third kappa shape index (κ3) is 7.25. The molecule has 0 spiro atoms. The second kappa shape index (κ2) is 11.1. The van der Waals surface area contributed by atoms with E-state index in [1.165, 1.54) is 25.3 Å². The number of methoxy groups -OCH3 is 1. The van der Waals surface area contributed by atoms with Gasteiger partial charge < -0.3 is 14.2 Å². The van der Waals surface area contributed by atoms with Crippen LogP contribution in [0.4, 0.5) is 0 Å². The van der Waals surface area contributed by atoms with Crippen LogP contribution in [0.2, 0.25) is 0 Å². The van der Waals surface area contributed by atoms with Gasteiger partial charge in [-0.25, -0.2) is 9.59 Å². The van der Waals surface area contributed by atoms with Gasteiger partial charge in [0.15, 0.2) is 5.78 Å². The van der Waals surface area contributed by atoms with E-state index in [2.05, 4.69) is 17.9 Å². The van der Waals surface area contributed by atoms with Gasteiger partial charge in [-0.3, -0.25) is 9.59 Å². The highest BCUT2D eigenvalue weighted by atomic mass is 16.5. The van der Waals surface area contributed by atoms with Crippen molar-refractivity contribution in [3.63, 3.8) is 0 Å². The number of allylic oxidation sites excluding steroid dienone is 1. The van der Waals surface area contributed by atoms with Gasteiger partial charge in [-0.2, -0.15) is 0 Å². The molecular weight excluding hydrogens is 400 g/mol. The molecule has 0 heterocycles. The highest BCUT2D eigenvalue weighted by Crippen LogP contribution is 2.17. The van der Waals surface area contributed by atoms with E-state index >= 15 is 0 Å². The second-order valence-electron chi connectivity index (χ2n) is 6.16. The number of carbonyl (C=O) groups is 4. The molecule has 0 saturated heterocycles. The smallest absolute Gasteiger partial charge is 0.339 e. The average Bonchev–Trinajstić information content (AvgIpc) is 2.78. The maximum absolute atomic E-state index is 12.3. The van der Waals surface area contributed by atoms with Gasteiger partial charge in [0.2, 0.25) is 0 Å². The maximum atomic E-state index is 12.3. The zero-order valence-corrected chi connectivity index (χ0v) is 16.8. The Labute approximate surface area is 179 Å². The monoisotopic (exact) mass is 420 g/mol. The van der Waals surface area contributed by atoms with E-state index in [-0.39, 0.29) is 23.5 Å². The summed E-state index contributed by atoms with van der Waals surface area (Å²) in [7, 11) is 1.22. The highest BCUT2D eigenvalue weighted by Gasteiger charge is 2.14. The zero-order chi connectivity index (χ0) is 22.8. The molecule has 0 N–H and O–H groups in total. The van der Waals surface area contributed by atoms with Crippen LogP contribution in [0.25, 0.3) is 6.08 Å². The van der Waals surface area contributed by atoms with Crippen molar-refractivity contribution in [1.82, 2.24) is 0 Å². The number of benzene rings is 2. The summed E-state index contributed by atoms with van der Waals surface area (Å²) in [4.78, 5) is 46.5. The Morgan fingerprint density at radius 2 is 1.48 bits per heavy atom. The van der Waals surface area contributed by atoms with E-state index in [4.69, 9.17) is 9.47 Å². The maximum Gasteiger partial charge on any atom is 0.339 e. The van der Waals surface area contributed by atoms with Gasteiger partial charge in [0, 0.05) is 17.2 Å². The van der Waals surface area contributed by atoms with E-state index in [0.717, 1.165) is 6.08 Å². The van der Waals surface area contributed by atoms with E-state index in [0.29, 0.717) is 16.9 Å². The fourth-order valence-electron chi connectivity index (χ4n) is 2.26. The molecule has 0 saturated carbocycles. The summed E-state index contributed by atoms with van der Waals surface area (Å²) < 4.78 is 14.6. The number of rotatable bonds is 9. The molecule has 158 valence electrons. The molecule has 2 aromatic rings. The van der Waals surface area contributed by atoms with Gasteiger partial charge in [-0.05, 0) is 48.0 Å². The number of ketones is 1. The lowest BCUT2D eigenvalue weighted by molar-refractivity contribution is -0.141. The molecule has 2 aromatic carbocycles.